The molecule has 1 heterocycles. The van der Waals surface area contributed by atoms with Crippen LogP contribution in [0, 0.1) is 0 Å². The summed E-state index contributed by atoms with van der Waals surface area (Å²) >= 11 is 0. The predicted molar refractivity (Wildman–Crippen MR) is 82.1 cm³/mol. The van der Waals surface area contributed by atoms with Gasteiger partial charge in [0.15, 0.2) is 0 Å². The van der Waals surface area contributed by atoms with E-state index in [4.69, 9.17) is 0 Å². The second-order valence-corrected chi connectivity index (χ2v) is 7.05. The Hall–Kier alpha value is -1.76. The van der Waals surface area contributed by atoms with Gasteiger partial charge in [0.1, 0.15) is 0 Å². The first kappa shape index (κ1) is 15.6. The molecule has 0 spiro atoms. The Balaban J connectivity index is 1.94. The van der Waals surface area contributed by atoms with Crippen LogP contribution in [0.4, 0.5) is 0 Å². The summed E-state index contributed by atoms with van der Waals surface area (Å²) in [6.45, 7) is 1.41. The van der Waals surface area contributed by atoms with Crippen LogP contribution in [0.2, 0.25) is 0 Å². The zero-order chi connectivity index (χ0) is 15.3. The topological polar surface area (TPSA) is 62.3 Å². The van der Waals surface area contributed by atoms with Crippen molar-refractivity contribution in [2.24, 2.45) is 0 Å². The lowest BCUT2D eigenvalue weighted by Crippen LogP contribution is -2.22. The third-order valence-electron chi connectivity index (χ3n) is 3.08. The molecule has 21 heavy (non-hydrogen) atoms. The zero-order valence-corrected chi connectivity index (χ0v) is 13.0. The molecular formula is C15H19N3O2S. The molecule has 1 N–H and O–H groups in total. The standard InChI is InChI=1S/C15H19N3O2S/c1-18(2)21(19,20)15-7-5-13(6-8-15)10-17-12-14-4-3-9-16-11-14/h3-9,11,17H,10,12H2,1-2H3. The molecule has 5 nitrogen and oxygen atoms in total. The summed E-state index contributed by atoms with van der Waals surface area (Å²) in [7, 11) is -0.300. The molecule has 0 aliphatic carbocycles. The fraction of sp³-hybridized carbons (Fsp3) is 0.267. The lowest BCUT2D eigenvalue weighted by molar-refractivity contribution is 0.520. The van der Waals surface area contributed by atoms with Gasteiger partial charge < -0.3 is 5.32 Å². The molecule has 0 saturated carbocycles. The van der Waals surface area contributed by atoms with Gasteiger partial charge in [0.05, 0.1) is 4.90 Å². The number of rotatable bonds is 6. The van der Waals surface area contributed by atoms with E-state index >= 15 is 0 Å². The summed E-state index contributed by atoms with van der Waals surface area (Å²) in [5.41, 5.74) is 2.15. The van der Waals surface area contributed by atoms with Crippen molar-refractivity contribution in [1.29, 1.82) is 0 Å². The monoisotopic (exact) mass is 305 g/mol. The second-order valence-electron chi connectivity index (χ2n) is 4.90. The van der Waals surface area contributed by atoms with Crippen LogP contribution in [-0.2, 0) is 23.1 Å². The zero-order valence-electron chi connectivity index (χ0n) is 12.2. The quantitative estimate of drug-likeness (QED) is 0.881. The fourth-order valence-corrected chi connectivity index (χ4v) is 2.75. The molecule has 0 unspecified atom stereocenters. The Labute approximate surface area is 125 Å². The fourth-order valence-electron chi connectivity index (χ4n) is 1.84. The maximum absolute atomic E-state index is 11.9. The van der Waals surface area contributed by atoms with Crippen LogP contribution >= 0.6 is 0 Å². The molecule has 0 saturated heterocycles. The highest BCUT2D eigenvalue weighted by atomic mass is 32.2. The van der Waals surface area contributed by atoms with E-state index in [9.17, 15) is 8.42 Å². The molecule has 0 amide bonds. The van der Waals surface area contributed by atoms with Crippen molar-refractivity contribution in [3.63, 3.8) is 0 Å². The van der Waals surface area contributed by atoms with Crippen LogP contribution in [0.3, 0.4) is 0 Å². The molecule has 0 aliphatic rings. The van der Waals surface area contributed by atoms with Gasteiger partial charge in [-0.3, -0.25) is 4.98 Å². The summed E-state index contributed by atoms with van der Waals surface area (Å²) in [4.78, 5) is 4.36. The Morgan fingerprint density at radius 1 is 1.05 bits per heavy atom. The van der Waals surface area contributed by atoms with E-state index in [1.807, 2.05) is 30.5 Å². The summed E-state index contributed by atoms with van der Waals surface area (Å²) in [6.07, 6.45) is 3.56. The van der Waals surface area contributed by atoms with Crippen molar-refractivity contribution in [1.82, 2.24) is 14.6 Å². The third-order valence-corrected chi connectivity index (χ3v) is 4.91. The van der Waals surface area contributed by atoms with Crippen molar-refractivity contribution < 1.29 is 8.42 Å². The van der Waals surface area contributed by atoms with Gasteiger partial charge in [-0.2, -0.15) is 0 Å². The Bertz CT molecular complexity index is 668. The summed E-state index contributed by atoms with van der Waals surface area (Å²) in [5, 5.41) is 3.30. The van der Waals surface area contributed by atoms with Crippen molar-refractivity contribution in [2.45, 2.75) is 18.0 Å². The minimum Gasteiger partial charge on any atom is -0.309 e. The van der Waals surface area contributed by atoms with Crippen LogP contribution in [0.25, 0.3) is 0 Å². The van der Waals surface area contributed by atoms with Gasteiger partial charge in [0, 0.05) is 39.6 Å². The van der Waals surface area contributed by atoms with Crippen molar-refractivity contribution in [3.8, 4) is 0 Å². The van der Waals surface area contributed by atoms with Crippen LogP contribution in [0.1, 0.15) is 11.1 Å². The van der Waals surface area contributed by atoms with Gasteiger partial charge in [-0.05, 0) is 29.3 Å². The number of hydrogen-bond acceptors (Lipinski definition) is 4. The number of nitrogens with zero attached hydrogens (tertiary/aromatic N) is 2. The van der Waals surface area contributed by atoms with E-state index < -0.39 is 10.0 Å². The van der Waals surface area contributed by atoms with Gasteiger partial charge in [-0.25, -0.2) is 12.7 Å². The molecular weight excluding hydrogens is 286 g/mol. The van der Waals surface area contributed by atoms with Crippen LogP contribution < -0.4 is 5.32 Å². The molecule has 1 aromatic carbocycles. The molecule has 2 aromatic rings. The van der Waals surface area contributed by atoms with Gasteiger partial charge >= 0.3 is 0 Å². The summed E-state index contributed by atoms with van der Waals surface area (Å²) in [6, 6.07) is 10.8. The Kier molecular flexibility index (Phi) is 5.06. The van der Waals surface area contributed by atoms with Gasteiger partial charge in [0.2, 0.25) is 10.0 Å². The average Bonchev–Trinajstić information content (AvgIpc) is 2.49. The number of hydrogen-bond donors (Lipinski definition) is 1. The number of aromatic nitrogens is 1. The van der Waals surface area contributed by atoms with E-state index in [0.29, 0.717) is 11.4 Å². The molecule has 0 aliphatic heterocycles. The first-order chi connectivity index (χ1) is 10.00. The molecule has 2 rings (SSSR count). The van der Waals surface area contributed by atoms with Crippen LogP contribution in [0.15, 0.2) is 53.7 Å². The summed E-state index contributed by atoms with van der Waals surface area (Å²) < 4.78 is 25.1. The van der Waals surface area contributed by atoms with Crippen molar-refractivity contribution in [2.75, 3.05) is 14.1 Å². The van der Waals surface area contributed by atoms with Gasteiger partial charge in [0.25, 0.3) is 0 Å². The van der Waals surface area contributed by atoms with Crippen LogP contribution in [0.5, 0.6) is 0 Å². The van der Waals surface area contributed by atoms with E-state index in [1.54, 1.807) is 18.3 Å². The smallest absolute Gasteiger partial charge is 0.242 e. The number of sulfonamides is 1. The van der Waals surface area contributed by atoms with E-state index in [1.165, 1.54) is 18.4 Å². The number of nitrogens with one attached hydrogen (secondary N) is 1. The predicted octanol–water partition coefficient (Wildman–Crippen LogP) is 1.62. The normalized spacial score (nSPS) is 11.8. The number of benzene rings is 1. The lowest BCUT2D eigenvalue weighted by atomic mass is 10.2. The third kappa shape index (κ3) is 4.10. The molecule has 1 aromatic heterocycles. The molecule has 6 heteroatoms. The molecule has 112 valence electrons. The van der Waals surface area contributed by atoms with Crippen molar-refractivity contribution in [3.05, 3.63) is 59.9 Å². The molecule has 0 fully saturated rings. The first-order valence-corrected chi connectivity index (χ1v) is 8.05. The SMILES string of the molecule is CN(C)S(=O)(=O)c1ccc(CNCc2cccnc2)cc1. The van der Waals surface area contributed by atoms with E-state index in [-0.39, 0.29) is 0 Å². The largest absolute Gasteiger partial charge is 0.309 e. The molecule has 0 atom stereocenters. The maximum atomic E-state index is 11.9. The summed E-state index contributed by atoms with van der Waals surface area (Å²) in [5.74, 6) is 0. The highest BCUT2D eigenvalue weighted by molar-refractivity contribution is 7.89. The minimum atomic E-state index is -3.35. The Morgan fingerprint density at radius 3 is 2.29 bits per heavy atom. The molecule has 0 radical (unpaired) electrons. The highest BCUT2D eigenvalue weighted by Gasteiger charge is 2.16. The molecule has 0 bridgehead atoms. The maximum Gasteiger partial charge on any atom is 0.242 e. The Morgan fingerprint density at radius 2 is 1.71 bits per heavy atom. The van der Waals surface area contributed by atoms with Crippen LogP contribution in [-0.4, -0.2) is 31.8 Å². The van der Waals surface area contributed by atoms with E-state index in [2.05, 4.69) is 10.3 Å². The van der Waals surface area contributed by atoms with Crippen molar-refractivity contribution >= 4 is 10.0 Å². The number of pyridine rings is 1. The van der Waals surface area contributed by atoms with Gasteiger partial charge in [-0.15, -0.1) is 0 Å². The lowest BCUT2D eigenvalue weighted by Gasteiger charge is -2.11. The second kappa shape index (κ2) is 6.80. The average molecular weight is 305 g/mol. The first-order valence-electron chi connectivity index (χ1n) is 6.61. The minimum absolute atomic E-state index is 0.309. The van der Waals surface area contributed by atoms with E-state index in [0.717, 1.165) is 17.7 Å². The van der Waals surface area contributed by atoms with Gasteiger partial charge in [-0.1, -0.05) is 18.2 Å². The highest BCUT2D eigenvalue weighted by Crippen LogP contribution is 2.13.